The summed E-state index contributed by atoms with van der Waals surface area (Å²) in [5, 5.41) is 20.8. The minimum atomic E-state index is -0.380. The molecule has 1 aromatic heterocycles. The van der Waals surface area contributed by atoms with Gasteiger partial charge in [0.2, 0.25) is 0 Å². The number of fused-ring (bicyclic) bond motifs is 3. The van der Waals surface area contributed by atoms with Crippen LogP contribution in [0.3, 0.4) is 0 Å². The number of nitro benzene ring substituents is 1. The zero-order valence-corrected chi connectivity index (χ0v) is 13.8. The number of non-ortho nitro benzene ring substituents is 1. The van der Waals surface area contributed by atoms with Gasteiger partial charge in [0.1, 0.15) is 5.84 Å². The molecule has 0 atom stereocenters. The van der Waals surface area contributed by atoms with E-state index in [2.05, 4.69) is 4.57 Å². The van der Waals surface area contributed by atoms with Crippen LogP contribution in [0.25, 0.3) is 21.8 Å². The van der Waals surface area contributed by atoms with Crippen molar-refractivity contribution in [2.45, 2.75) is 6.54 Å². The standard InChI is InChI=1S/C20H16N4O2/c21-20(22)14-8-9-19-17(11-14)16-6-1-2-7-18(16)23(19)12-13-4-3-5-15(10-13)24(25)26/h1-11H,12H2,(H3,21,22). The summed E-state index contributed by atoms with van der Waals surface area (Å²) in [5.41, 5.74) is 9.30. The lowest BCUT2D eigenvalue weighted by Gasteiger charge is -2.08. The van der Waals surface area contributed by atoms with Crippen molar-refractivity contribution in [2.24, 2.45) is 5.73 Å². The number of rotatable bonds is 4. The molecule has 128 valence electrons. The summed E-state index contributed by atoms with van der Waals surface area (Å²) in [6.45, 7) is 0.519. The average Bonchev–Trinajstić information content (AvgIpc) is 2.95. The van der Waals surface area contributed by atoms with Crippen molar-refractivity contribution in [3.63, 3.8) is 0 Å². The highest BCUT2D eigenvalue weighted by molar-refractivity contribution is 6.10. The van der Waals surface area contributed by atoms with Gasteiger partial charge in [-0.25, -0.2) is 0 Å². The number of hydrogen-bond acceptors (Lipinski definition) is 3. The fourth-order valence-corrected chi connectivity index (χ4v) is 3.34. The molecule has 0 unspecified atom stereocenters. The lowest BCUT2D eigenvalue weighted by molar-refractivity contribution is -0.384. The number of benzene rings is 3. The van der Waals surface area contributed by atoms with Crippen molar-refractivity contribution in [1.29, 1.82) is 5.41 Å². The van der Waals surface area contributed by atoms with Gasteiger partial charge in [0, 0.05) is 46.0 Å². The van der Waals surface area contributed by atoms with E-state index in [0.29, 0.717) is 12.1 Å². The van der Waals surface area contributed by atoms with Crippen molar-refractivity contribution in [3.8, 4) is 0 Å². The maximum Gasteiger partial charge on any atom is 0.269 e. The van der Waals surface area contributed by atoms with Gasteiger partial charge >= 0.3 is 0 Å². The van der Waals surface area contributed by atoms with Crippen molar-refractivity contribution >= 4 is 33.3 Å². The van der Waals surface area contributed by atoms with Crippen LogP contribution in [0.15, 0.2) is 66.7 Å². The first-order chi connectivity index (χ1) is 12.5. The first kappa shape index (κ1) is 15.8. The summed E-state index contributed by atoms with van der Waals surface area (Å²) >= 11 is 0. The molecule has 26 heavy (non-hydrogen) atoms. The topological polar surface area (TPSA) is 97.9 Å². The van der Waals surface area contributed by atoms with E-state index in [1.807, 2.05) is 48.5 Å². The maximum atomic E-state index is 11.0. The Hall–Kier alpha value is -3.67. The molecule has 0 fully saturated rings. The monoisotopic (exact) mass is 344 g/mol. The summed E-state index contributed by atoms with van der Waals surface area (Å²) in [5.74, 6) is 0.0300. The van der Waals surface area contributed by atoms with Crippen molar-refractivity contribution in [1.82, 2.24) is 4.57 Å². The van der Waals surface area contributed by atoms with Crippen LogP contribution >= 0.6 is 0 Å². The normalized spacial score (nSPS) is 11.1. The Bertz CT molecular complexity index is 1180. The van der Waals surface area contributed by atoms with E-state index in [4.69, 9.17) is 11.1 Å². The van der Waals surface area contributed by atoms with Gasteiger partial charge in [0.05, 0.1) is 4.92 Å². The van der Waals surface area contributed by atoms with E-state index in [1.54, 1.807) is 12.1 Å². The molecule has 0 aliphatic heterocycles. The molecule has 1 heterocycles. The predicted octanol–water partition coefficient (Wildman–Crippen LogP) is 4.04. The van der Waals surface area contributed by atoms with Crippen LogP contribution in [-0.4, -0.2) is 15.3 Å². The Morgan fingerprint density at radius 2 is 1.77 bits per heavy atom. The first-order valence-electron chi connectivity index (χ1n) is 8.13. The van der Waals surface area contributed by atoms with E-state index in [1.165, 1.54) is 6.07 Å². The predicted molar refractivity (Wildman–Crippen MR) is 103 cm³/mol. The zero-order valence-electron chi connectivity index (χ0n) is 13.8. The van der Waals surface area contributed by atoms with Gasteiger partial charge in [-0.15, -0.1) is 0 Å². The number of nitrogens with two attached hydrogens (primary N) is 1. The number of hydrogen-bond donors (Lipinski definition) is 2. The third-order valence-corrected chi connectivity index (χ3v) is 4.55. The van der Waals surface area contributed by atoms with E-state index < -0.39 is 0 Å². The smallest absolute Gasteiger partial charge is 0.269 e. The Labute approximate surface area is 149 Å². The van der Waals surface area contributed by atoms with Gasteiger partial charge in [0.25, 0.3) is 5.69 Å². The molecule has 0 aliphatic carbocycles. The molecule has 4 aromatic rings. The lowest BCUT2D eigenvalue weighted by atomic mass is 10.1. The molecule has 0 saturated heterocycles. The van der Waals surface area contributed by atoms with Gasteiger partial charge in [0.15, 0.2) is 0 Å². The maximum absolute atomic E-state index is 11.0. The molecule has 3 aromatic carbocycles. The molecule has 4 rings (SSSR count). The first-order valence-corrected chi connectivity index (χ1v) is 8.13. The quantitative estimate of drug-likeness (QED) is 0.253. The number of nitrogens with one attached hydrogen (secondary N) is 1. The number of para-hydroxylation sites is 1. The molecular weight excluding hydrogens is 328 g/mol. The Kier molecular flexibility index (Phi) is 3.65. The zero-order chi connectivity index (χ0) is 18.3. The highest BCUT2D eigenvalue weighted by Crippen LogP contribution is 2.30. The fraction of sp³-hybridized carbons (Fsp3) is 0.0500. The molecule has 0 saturated carbocycles. The molecule has 0 radical (unpaired) electrons. The molecule has 6 heteroatoms. The summed E-state index contributed by atoms with van der Waals surface area (Å²) in [6, 6.07) is 20.4. The number of amidine groups is 1. The van der Waals surface area contributed by atoms with Crippen LogP contribution in [0, 0.1) is 15.5 Å². The highest BCUT2D eigenvalue weighted by atomic mass is 16.6. The van der Waals surface area contributed by atoms with Gasteiger partial charge < -0.3 is 10.3 Å². The number of nitrogens with zero attached hydrogens (tertiary/aromatic N) is 2. The second kappa shape index (κ2) is 6.00. The minimum absolute atomic E-state index is 0.0300. The highest BCUT2D eigenvalue weighted by Gasteiger charge is 2.13. The van der Waals surface area contributed by atoms with E-state index >= 15 is 0 Å². The average molecular weight is 344 g/mol. The van der Waals surface area contributed by atoms with E-state index in [9.17, 15) is 10.1 Å². The summed E-state index contributed by atoms with van der Waals surface area (Å²) < 4.78 is 2.13. The molecule has 0 aliphatic rings. The third-order valence-electron chi connectivity index (χ3n) is 4.55. The van der Waals surface area contributed by atoms with Crippen molar-refractivity contribution in [2.75, 3.05) is 0 Å². The van der Waals surface area contributed by atoms with Crippen molar-refractivity contribution < 1.29 is 4.92 Å². The van der Waals surface area contributed by atoms with Crippen LogP contribution in [0.4, 0.5) is 5.69 Å². The van der Waals surface area contributed by atoms with Crippen LogP contribution in [0.5, 0.6) is 0 Å². The number of nitrogen functional groups attached to an aromatic ring is 1. The van der Waals surface area contributed by atoms with E-state index in [-0.39, 0.29) is 16.4 Å². The summed E-state index contributed by atoms with van der Waals surface area (Å²) in [4.78, 5) is 10.7. The largest absolute Gasteiger partial charge is 0.384 e. The SMILES string of the molecule is N=C(N)c1ccc2c(c1)c1ccccc1n2Cc1cccc([N+](=O)[O-])c1. The van der Waals surface area contributed by atoms with Crippen LogP contribution < -0.4 is 5.73 Å². The molecule has 0 bridgehead atoms. The third kappa shape index (κ3) is 2.57. The Morgan fingerprint density at radius 1 is 1.00 bits per heavy atom. The fourth-order valence-electron chi connectivity index (χ4n) is 3.34. The van der Waals surface area contributed by atoms with Crippen LogP contribution in [-0.2, 0) is 6.54 Å². The number of aromatic nitrogens is 1. The summed E-state index contributed by atoms with van der Waals surface area (Å²) in [7, 11) is 0. The van der Waals surface area contributed by atoms with Gasteiger partial charge in [-0.3, -0.25) is 15.5 Å². The number of nitro groups is 1. The van der Waals surface area contributed by atoms with Gasteiger partial charge in [-0.2, -0.15) is 0 Å². The van der Waals surface area contributed by atoms with E-state index in [0.717, 1.165) is 27.4 Å². The summed E-state index contributed by atoms with van der Waals surface area (Å²) in [6.07, 6.45) is 0. The van der Waals surface area contributed by atoms with Crippen LogP contribution in [0.2, 0.25) is 0 Å². The van der Waals surface area contributed by atoms with Crippen molar-refractivity contribution in [3.05, 3.63) is 88.0 Å². The van der Waals surface area contributed by atoms with Gasteiger partial charge in [-0.1, -0.05) is 30.3 Å². The molecular formula is C20H16N4O2. The lowest BCUT2D eigenvalue weighted by Crippen LogP contribution is -2.10. The molecule has 3 N–H and O–H groups in total. The second-order valence-electron chi connectivity index (χ2n) is 6.18. The Morgan fingerprint density at radius 3 is 2.54 bits per heavy atom. The second-order valence-corrected chi connectivity index (χ2v) is 6.18. The Balaban J connectivity index is 1.92. The minimum Gasteiger partial charge on any atom is -0.384 e. The van der Waals surface area contributed by atoms with Gasteiger partial charge in [-0.05, 0) is 29.8 Å². The molecule has 0 amide bonds. The molecule has 0 spiro atoms. The van der Waals surface area contributed by atoms with Crippen LogP contribution in [0.1, 0.15) is 11.1 Å². The molecule has 6 nitrogen and oxygen atoms in total.